The molecule has 1 atom stereocenters. The zero-order valence-corrected chi connectivity index (χ0v) is 7.39. The van der Waals surface area contributed by atoms with Crippen LogP contribution < -0.4 is 0 Å². The van der Waals surface area contributed by atoms with Gasteiger partial charge in [-0.05, 0) is 6.92 Å². The number of carbonyl (C=O) groups excluding carboxylic acids is 1. The van der Waals surface area contributed by atoms with E-state index in [1.165, 1.54) is 19.3 Å². The highest BCUT2D eigenvalue weighted by Gasteiger charge is 2.10. The van der Waals surface area contributed by atoms with E-state index in [4.69, 9.17) is 9.84 Å². The summed E-state index contributed by atoms with van der Waals surface area (Å²) < 4.78 is 4.83. The Bertz CT molecular complexity index is 297. The van der Waals surface area contributed by atoms with Gasteiger partial charge in [-0.3, -0.25) is 4.79 Å². The van der Waals surface area contributed by atoms with Crippen LogP contribution in [0.25, 0.3) is 0 Å². The maximum atomic E-state index is 10.6. The predicted octanol–water partition coefficient (Wildman–Crippen LogP) is 0.806. The molecule has 0 bridgehead atoms. The van der Waals surface area contributed by atoms with Gasteiger partial charge in [0, 0.05) is 6.92 Å². The fraction of sp³-hybridized carbons (Fsp3) is 0.375. The lowest BCUT2D eigenvalue weighted by atomic mass is 10.3. The van der Waals surface area contributed by atoms with Crippen molar-refractivity contribution in [1.29, 1.82) is 0 Å². The molecule has 0 aliphatic heterocycles. The van der Waals surface area contributed by atoms with Gasteiger partial charge in [-0.2, -0.15) is 0 Å². The summed E-state index contributed by atoms with van der Waals surface area (Å²) in [6.45, 7) is 2.98. The lowest BCUT2D eigenvalue weighted by Gasteiger charge is -2.09. The average molecular weight is 182 g/mol. The molecule has 13 heavy (non-hydrogen) atoms. The van der Waals surface area contributed by atoms with Gasteiger partial charge in [-0.1, -0.05) is 0 Å². The van der Waals surface area contributed by atoms with Gasteiger partial charge >= 0.3 is 5.97 Å². The van der Waals surface area contributed by atoms with Gasteiger partial charge < -0.3 is 9.84 Å². The Hall–Kier alpha value is -1.65. The molecular formula is C8H10N2O3. The van der Waals surface area contributed by atoms with E-state index in [0.29, 0.717) is 5.82 Å². The van der Waals surface area contributed by atoms with Crippen LogP contribution in [0.1, 0.15) is 25.8 Å². The first-order chi connectivity index (χ1) is 6.09. The number of hydrogen-bond donors (Lipinski definition) is 1. The SMILES string of the molecule is CC(=O)O[C@H](C)c1ncc(O)cn1. The Morgan fingerprint density at radius 1 is 1.54 bits per heavy atom. The largest absolute Gasteiger partial charge is 0.505 e. The maximum Gasteiger partial charge on any atom is 0.303 e. The van der Waals surface area contributed by atoms with E-state index in [9.17, 15) is 4.79 Å². The molecule has 70 valence electrons. The highest BCUT2D eigenvalue weighted by atomic mass is 16.5. The summed E-state index contributed by atoms with van der Waals surface area (Å²) in [6, 6.07) is 0. The van der Waals surface area contributed by atoms with Crippen LogP contribution in [0.4, 0.5) is 0 Å². The van der Waals surface area contributed by atoms with Crippen LogP contribution in [0.5, 0.6) is 5.75 Å². The number of carbonyl (C=O) groups is 1. The van der Waals surface area contributed by atoms with Gasteiger partial charge in [0.25, 0.3) is 0 Å². The third kappa shape index (κ3) is 2.70. The van der Waals surface area contributed by atoms with Crippen LogP contribution in [-0.4, -0.2) is 21.0 Å². The van der Waals surface area contributed by atoms with E-state index in [0.717, 1.165) is 0 Å². The second kappa shape index (κ2) is 3.84. The van der Waals surface area contributed by atoms with Crippen molar-refractivity contribution in [1.82, 2.24) is 9.97 Å². The van der Waals surface area contributed by atoms with Gasteiger partial charge in [0.05, 0.1) is 12.4 Å². The zero-order valence-electron chi connectivity index (χ0n) is 7.39. The molecule has 0 radical (unpaired) electrons. The van der Waals surface area contributed by atoms with E-state index in [-0.39, 0.29) is 11.7 Å². The molecule has 5 nitrogen and oxygen atoms in total. The van der Waals surface area contributed by atoms with Gasteiger partial charge in [-0.25, -0.2) is 9.97 Å². The van der Waals surface area contributed by atoms with Crippen LogP contribution in [0, 0.1) is 0 Å². The Morgan fingerprint density at radius 3 is 2.54 bits per heavy atom. The van der Waals surface area contributed by atoms with Crippen LogP contribution in [0.2, 0.25) is 0 Å². The third-order valence-electron chi connectivity index (χ3n) is 1.36. The number of aromatic hydroxyl groups is 1. The minimum Gasteiger partial charge on any atom is -0.505 e. The Balaban J connectivity index is 2.71. The summed E-state index contributed by atoms with van der Waals surface area (Å²) in [4.78, 5) is 18.2. The van der Waals surface area contributed by atoms with E-state index in [2.05, 4.69) is 9.97 Å². The van der Waals surface area contributed by atoms with Gasteiger partial charge in [0.1, 0.15) is 0 Å². The fourth-order valence-corrected chi connectivity index (χ4v) is 0.843. The first kappa shape index (κ1) is 9.44. The molecule has 0 unspecified atom stereocenters. The number of aromatic nitrogens is 2. The van der Waals surface area contributed by atoms with Crippen molar-refractivity contribution in [2.24, 2.45) is 0 Å². The molecule has 1 aromatic rings. The summed E-state index contributed by atoms with van der Waals surface area (Å²) in [6.07, 6.45) is 2.02. The second-order valence-corrected chi connectivity index (χ2v) is 2.55. The quantitative estimate of drug-likeness (QED) is 0.685. The molecule has 1 N–H and O–H groups in total. The lowest BCUT2D eigenvalue weighted by molar-refractivity contribution is -0.146. The molecule has 0 aromatic carbocycles. The minimum absolute atomic E-state index is 0.0150. The molecule has 0 aliphatic carbocycles. The van der Waals surface area contributed by atoms with E-state index in [1.54, 1.807) is 6.92 Å². The van der Waals surface area contributed by atoms with Crippen molar-refractivity contribution in [3.05, 3.63) is 18.2 Å². The van der Waals surface area contributed by atoms with Crippen LogP contribution in [0.3, 0.4) is 0 Å². The smallest absolute Gasteiger partial charge is 0.303 e. The summed E-state index contributed by atoms with van der Waals surface area (Å²) in [5.41, 5.74) is 0. The molecule has 1 aromatic heterocycles. The topological polar surface area (TPSA) is 72.3 Å². The molecule has 1 heterocycles. The molecule has 0 saturated heterocycles. The standard InChI is InChI=1S/C8H10N2O3/c1-5(13-6(2)11)8-9-3-7(12)4-10-8/h3-5,12H,1-2H3/t5-/m1/s1. The van der Waals surface area contributed by atoms with Gasteiger partial charge in [0.15, 0.2) is 17.7 Å². The zero-order chi connectivity index (χ0) is 9.84. The van der Waals surface area contributed by atoms with Crippen LogP contribution >= 0.6 is 0 Å². The van der Waals surface area contributed by atoms with Crippen LogP contribution in [-0.2, 0) is 9.53 Å². The van der Waals surface area contributed by atoms with E-state index < -0.39 is 6.10 Å². The Kier molecular flexibility index (Phi) is 2.79. The number of ether oxygens (including phenoxy) is 1. The first-order valence-corrected chi connectivity index (χ1v) is 3.77. The summed E-state index contributed by atoms with van der Waals surface area (Å²) >= 11 is 0. The van der Waals surface area contributed by atoms with Gasteiger partial charge in [0.2, 0.25) is 0 Å². The molecule has 1 rings (SSSR count). The molecule has 5 heteroatoms. The fourth-order valence-electron chi connectivity index (χ4n) is 0.843. The normalized spacial score (nSPS) is 12.2. The second-order valence-electron chi connectivity index (χ2n) is 2.55. The third-order valence-corrected chi connectivity index (χ3v) is 1.36. The first-order valence-electron chi connectivity index (χ1n) is 3.77. The summed E-state index contributed by atoms with van der Waals surface area (Å²) in [5.74, 6) is -0.0315. The molecule has 0 saturated carbocycles. The number of nitrogens with zero attached hydrogens (tertiary/aromatic N) is 2. The molecule has 0 fully saturated rings. The van der Waals surface area contributed by atoms with E-state index >= 15 is 0 Å². The van der Waals surface area contributed by atoms with Crippen molar-refractivity contribution in [2.75, 3.05) is 0 Å². The Morgan fingerprint density at radius 2 is 2.08 bits per heavy atom. The van der Waals surface area contributed by atoms with Crippen molar-refractivity contribution in [3.8, 4) is 5.75 Å². The molecule has 0 aliphatic rings. The number of hydrogen-bond acceptors (Lipinski definition) is 5. The average Bonchev–Trinajstić information content (AvgIpc) is 2.04. The summed E-state index contributed by atoms with van der Waals surface area (Å²) in [5, 5.41) is 8.89. The minimum atomic E-state index is -0.488. The highest BCUT2D eigenvalue weighted by molar-refractivity contribution is 5.66. The lowest BCUT2D eigenvalue weighted by Crippen LogP contribution is -2.07. The Labute approximate surface area is 75.4 Å². The van der Waals surface area contributed by atoms with Crippen molar-refractivity contribution in [3.63, 3.8) is 0 Å². The molecule has 0 amide bonds. The molecule has 0 spiro atoms. The van der Waals surface area contributed by atoms with E-state index in [1.807, 2.05) is 0 Å². The highest BCUT2D eigenvalue weighted by Crippen LogP contribution is 2.13. The van der Waals surface area contributed by atoms with Crippen LogP contribution in [0.15, 0.2) is 12.4 Å². The maximum absolute atomic E-state index is 10.6. The van der Waals surface area contributed by atoms with Gasteiger partial charge in [-0.15, -0.1) is 0 Å². The monoisotopic (exact) mass is 182 g/mol. The number of rotatable bonds is 2. The van der Waals surface area contributed by atoms with Crippen molar-refractivity contribution < 1.29 is 14.6 Å². The summed E-state index contributed by atoms with van der Waals surface area (Å²) in [7, 11) is 0. The number of esters is 1. The molecular weight excluding hydrogens is 172 g/mol. The van der Waals surface area contributed by atoms with Crippen molar-refractivity contribution >= 4 is 5.97 Å². The predicted molar refractivity (Wildman–Crippen MR) is 43.9 cm³/mol. The van der Waals surface area contributed by atoms with Crippen molar-refractivity contribution in [2.45, 2.75) is 20.0 Å².